The molecule has 1 heterocycles. The number of carboxylic acid groups (broad SMARTS) is 1. The lowest BCUT2D eigenvalue weighted by Gasteiger charge is -2.23. The topological polar surface area (TPSA) is 153 Å². The van der Waals surface area contributed by atoms with Crippen molar-refractivity contribution in [3.63, 3.8) is 0 Å². The van der Waals surface area contributed by atoms with Gasteiger partial charge in [-0.05, 0) is 24.1 Å². The Hall–Kier alpha value is -4.21. The number of fused-ring (bicyclic) bond motifs is 1. The lowest BCUT2D eigenvalue weighted by molar-refractivity contribution is -0.142. The minimum Gasteiger partial charge on any atom is -0.480 e. The summed E-state index contributed by atoms with van der Waals surface area (Å²) in [7, 11) is 1.49. The fraction of sp³-hybridized carbons (Fsp3) is 0.261. The first kappa shape index (κ1) is 23.5. The summed E-state index contributed by atoms with van der Waals surface area (Å²) >= 11 is 0. The molecule has 0 saturated heterocycles. The summed E-state index contributed by atoms with van der Waals surface area (Å²) in [5.74, 6) is -2.90. The van der Waals surface area contributed by atoms with Crippen LogP contribution in [0.3, 0.4) is 0 Å². The van der Waals surface area contributed by atoms with Gasteiger partial charge in [-0.3, -0.25) is 19.0 Å². The van der Waals surface area contributed by atoms with Gasteiger partial charge in [0.1, 0.15) is 12.1 Å². The lowest BCUT2D eigenvalue weighted by atomic mass is 10.0. The zero-order chi connectivity index (χ0) is 24.1. The van der Waals surface area contributed by atoms with Gasteiger partial charge in [-0.25, -0.2) is 14.2 Å². The molecule has 2 atom stereocenters. The number of carbonyl (C=O) groups is 3. The number of aromatic nitrogens is 2. The third kappa shape index (κ3) is 5.17. The number of aliphatic carboxylic acids is 1. The molecule has 0 saturated carbocycles. The number of carboxylic acids is 1. The Morgan fingerprint density at radius 3 is 2.30 bits per heavy atom. The third-order valence-electron chi connectivity index (χ3n) is 5.39. The Bertz CT molecular complexity index is 1310. The van der Waals surface area contributed by atoms with Crippen LogP contribution in [0.5, 0.6) is 0 Å². The molecule has 0 radical (unpaired) electrons. The van der Waals surface area contributed by atoms with Gasteiger partial charge in [0.25, 0.3) is 5.56 Å². The number of hydrogen-bond donors (Lipinski definition) is 3. The van der Waals surface area contributed by atoms with Crippen molar-refractivity contribution in [2.24, 2.45) is 12.8 Å². The van der Waals surface area contributed by atoms with Crippen LogP contribution in [0.4, 0.5) is 0 Å². The molecule has 0 aliphatic carbocycles. The number of nitrogens with two attached hydrogens (primary N) is 1. The first-order chi connectivity index (χ1) is 15.7. The van der Waals surface area contributed by atoms with Crippen molar-refractivity contribution in [2.75, 3.05) is 0 Å². The number of amides is 2. The highest BCUT2D eigenvalue weighted by molar-refractivity contribution is 5.87. The second kappa shape index (κ2) is 9.94. The van der Waals surface area contributed by atoms with Crippen molar-refractivity contribution in [3.05, 3.63) is 81.0 Å². The van der Waals surface area contributed by atoms with Crippen LogP contribution in [-0.4, -0.2) is 38.1 Å². The number of para-hydroxylation sites is 1. The molecule has 0 aliphatic rings. The van der Waals surface area contributed by atoms with Crippen molar-refractivity contribution in [1.29, 1.82) is 0 Å². The van der Waals surface area contributed by atoms with Crippen LogP contribution in [0.1, 0.15) is 24.4 Å². The number of nitrogens with zero attached hydrogens (tertiary/aromatic N) is 2. The van der Waals surface area contributed by atoms with Crippen LogP contribution < -0.4 is 22.3 Å². The zero-order valence-electron chi connectivity index (χ0n) is 17.9. The summed E-state index contributed by atoms with van der Waals surface area (Å²) in [5, 5.41) is 12.1. The summed E-state index contributed by atoms with van der Waals surface area (Å²) in [4.78, 5) is 62.4. The summed E-state index contributed by atoms with van der Waals surface area (Å²) in [5.41, 5.74) is 4.81. The number of aryl methyl sites for hydroxylation is 1. The fourth-order valence-corrected chi connectivity index (χ4v) is 3.65. The molecule has 2 aromatic carbocycles. The summed E-state index contributed by atoms with van der Waals surface area (Å²) < 4.78 is 2.11. The van der Waals surface area contributed by atoms with E-state index in [0.29, 0.717) is 11.1 Å². The van der Waals surface area contributed by atoms with E-state index in [2.05, 4.69) is 5.32 Å². The molecular formula is C23H24N4O6. The van der Waals surface area contributed by atoms with Gasteiger partial charge in [0, 0.05) is 19.9 Å². The second-order valence-electron chi connectivity index (χ2n) is 7.64. The molecule has 0 aliphatic heterocycles. The minimum absolute atomic E-state index is 0.0255. The van der Waals surface area contributed by atoms with E-state index < -0.39 is 41.1 Å². The largest absolute Gasteiger partial charge is 0.480 e. The molecule has 1 aromatic heterocycles. The van der Waals surface area contributed by atoms with Crippen molar-refractivity contribution < 1.29 is 19.5 Å². The number of primary amides is 1. The summed E-state index contributed by atoms with van der Waals surface area (Å²) in [6.45, 7) is 0. The molecule has 2 amide bonds. The maximum Gasteiger partial charge on any atom is 0.331 e. The Morgan fingerprint density at radius 1 is 1.03 bits per heavy atom. The Morgan fingerprint density at radius 2 is 1.67 bits per heavy atom. The SMILES string of the molecule is Cn1c(=O)n([C@H](Cc2ccccc2)C(=O)N[C@H](CCC(N)=O)C(=O)O)c(=O)c2ccccc21. The highest BCUT2D eigenvalue weighted by Gasteiger charge is 2.30. The molecule has 172 valence electrons. The number of rotatable bonds is 9. The summed E-state index contributed by atoms with van der Waals surface area (Å²) in [6, 6.07) is 12.5. The van der Waals surface area contributed by atoms with Crippen molar-refractivity contribution in [3.8, 4) is 0 Å². The number of hydrogen-bond acceptors (Lipinski definition) is 5. The normalized spacial score (nSPS) is 12.8. The van der Waals surface area contributed by atoms with Crippen molar-refractivity contribution in [1.82, 2.24) is 14.5 Å². The second-order valence-corrected chi connectivity index (χ2v) is 7.64. The Balaban J connectivity index is 2.10. The van der Waals surface area contributed by atoms with Gasteiger partial charge in [0.05, 0.1) is 10.9 Å². The molecule has 0 unspecified atom stereocenters. The molecule has 33 heavy (non-hydrogen) atoms. The lowest BCUT2D eigenvalue weighted by Crippen LogP contribution is -2.50. The minimum atomic E-state index is -1.41. The standard InChI is InChI=1S/C23H24N4O6/c1-26-17-10-6-5-9-15(17)21(30)27(23(26)33)18(13-14-7-3-2-4-8-14)20(29)25-16(22(31)32)11-12-19(24)28/h2-10,16,18H,11-13H2,1H3,(H2,24,28)(H,25,29)(H,31,32)/t16-,18-/m1/s1. The van der Waals surface area contributed by atoms with Crippen LogP contribution in [-0.2, 0) is 27.9 Å². The van der Waals surface area contributed by atoms with Crippen LogP contribution in [0.15, 0.2) is 64.2 Å². The third-order valence-corrected chi connectivity index (χ3v) is 5.39. The van der Waals surface area contributed by atoms with Gasteiger partial charge < -0.3 is 16.2 Å². The summed E-state index contributed by atoms with van der Waals surface area (Å²) in [6.07, 6.45) is -0.500. The van der Waals surface area contributed by atoms with Crippen molar-refractivity contribution >= 4 is 28.7 Å². The van der Waals surface area contributed by atoms with E-state index in [1.807, 2.05) is 0 Å². The van der Waals surface area contributed by atoms with E-state index in [1.165, 1.54) is 11.6 Å². The number of carbonyl (C=O) groups excluding carboxylic acids is 2. The zero-order valence-corrected chi connectivity index (χ0v) is 17.9. The van der Waals surface area contributed by atoms with E-state index in [9.17, 15) is 29.1 Å². The molecule has 3 aromatic rings. The molecule has 3 rings (SSSR count). The van der Waals surface area contributed by atoms with Gasteiger partial charge in [-0.15, -0.1) is 0 Å². The maximum atomic E-state index is 13.3. The van der Waals surface area contributed by atoms with E-state index >= 15 is 0 Å². The number of nitrogens with one attached hydrogen (secondary N) is 1. The smallest absolute Gasteiger partial charge is 0.331 e. The molecule has 0 spiro atoms. The predicted octanol–water partition coefficient (Wildman–Crippen LogP) is 0.319. The number of benzene rings is 2. The van der Waals surface area contributed by atoms with Gasteiger partial charge in [0.15, 0.2) is 0 Å². The van der Waals surface area contributed by atoms with Gasteiger partial charge >= 0.3 is 11.7 Å². The van der Waals surface area contributed by atoms with E-state index in [1.54, 1.807) is 54.6 Å². The molecule has 10 heteroatoms. The van der Waals surface area contributed by atoms with E-state index in [4.69, 9.17) is 5.73 Å². The highest BCUT2D eigenvalue weighted by atomic mass is 16.4. The molecule has 0 bridgehead atoms. The molecule has 0 fully saturated rings. The Kier molecular flexibility index (Phi) is 7.07. The first-order valence-electron chi connectivity index (χ1n) is 10.3. The highest BCUT2D eigenvalue weighted by Crippen LogP contribution is 2.15. The fourth-order valence-electron chi connectivity index (χ4n) is 3.65. The average molecular weight is 452 g/mol. The average Bonchev–Trinajstić information content (AvgIpc) is 2.80. The Labute approximate surface area is 188 Å². The van der Waals surface area contributed by atoms with Gasteiger partial charge in [-0.2, -0.15) is 0 Å². The molecular weight excluding hydrogens is 428 g/mol. The predicted molar refractivity (Wildman–Crippen MR) is 121 cm³/mol. The van der Waals surface area contributed by atoms with Crippen LogP contribution in [0, 0.1) is 0 Å². The maximum absolute atomic E-state index is 13.3. The molecule has 4 N–H and O–H groups in total. The monoisotopic (exact) mass is 452 g/mol. The molecule has 10 nitrogen and oxygen atoms in total. The van der Waals surface area contributed by atoms with Gasteiger partial charge in [0.2, 0.25) is 11.8 Å². The first-order valence-corrected chi connectivity index (χ1v) is 10.3. The quantitative estimate of drug-likeness (QED) is 0.425. The van der Waals surface area contributed by atoms with E-state index in [-0.39, 0.29) is 24.6 Å². The van der Waals surface area contributed by atoms with Crippen LogP contribution in [0.2, 0.25) is 0 Å². The van der Waals surface area contributed by atoms with Crippen LogP contribution in [0.25, 0.3) is 10.9 Å². The van der Waals surface area contributed by atoms with E-state index in [0.717, 1.165) is 4.57 Å². The van der Waals surface area contributed by atoms with Crippen molar-refractivity contribution in [2.45, 2.75) is 31.3 Å². The van der Waals surface area contributed by atoms with Crippen LogP contribution >= 0.6 is 0 Å². The van der Waals surface area contributed by atoms with Gasteiger partial charge in [-0.1, -0.05) is 42.5 Å².